The summed E-state index contributed by atoms with van der Waals surface area (Å²) in [4.78, 5) is 11.9. The quantitative estimate of drug-likeness (QED) is 0.877. The lowest BCUT2D eigenvalue weighted by Gasteiger charge is -2.35. The molecule has 0 spiro atoms. The van der Waals surface area contributed by atoms with Gasteiger partial charge in [-0.25, -0.2) is 4.39 Å². The van der Waals surface area contributed by atoms with Crippen LogP contribution in [0.25, 0.3) is 0 Å². The summed E-state index contributed by atoms with van der Waals surface area (Å²) in [6.07, 6.45) is 4.63. The lowest BCUT2D eigenvalue weighted by Crippen LogP contribution is -2.45. The maximum absolute atomic E-state index is 12.8. The Bertz CT molecular complexity index is 474. The van der Waals surface area contributed by atoms with Crippen molar-refractivity contribution in [2.75, 3.05) is 6.54 Å². The van der Waals surface area contributed by atoms with Gasteiger partial charge >= 0.3 is 0 Å². The number of carbonyl (C=O) groups is 1. The zero-order chi connectivity index (χ0) is 15.3. The molecule has 0 aliphatic heterocycles. The Kier molecular flexibility index (Phi) is 5.34. The van der Waals surface area contributed by atoms with Gasteiger partial charge in [-0.15, -0.1) is 0 Å². The minimum Gasteiger partial charge on any atom is -0.388 e. The van der Waals surface area contributed by atoms with Crippen LogP contribution in [0, 0.1) is 11.7 Å². The van der Waals surface area contributed by atoms with Crippen molar-refractivity contribution in [3.8, 4) is 0 Å². The number of benzene rings is 1. The third-order valence-corrected chi connectivity index (χ3v) is 4.24. The summed E-state index contributed by atoms with van der Waals surface area (Å²) in [5.41, 5.74) is 0.194. The molecule has 0 bridgehead atoms. The number of carbonyl (C=O) groups excluding carboxylic acids is 1. The molecule has 1 amide bonds. The van der Waals surface area contributed by atoms with Gasteiger partial charge in [0.05, 0.1) is 5.60 Å². The highest BCUT2D eigenvalue weighted by atomic mass is 19.1. The number of nitrogens with one attached hydrogen (secondary N) is 1. The number of aliphatic hydroxyl groups is 1. The average molecular weight is 293 g/mol. The Hall–Kier alpha value is -1.42. The first-order valence-corrected chi connectivity index (χ1v) is 7.70. The molecule has 1 saturated carbocycles. The van der Waals surface area contributed by atoms with E-state index in [1.807, 2.05) is 0 Å². The monoisotopic (exact) mass is 293 g/mol. The molecule has 2 unspecified atom stereocenters. The second kappa shape index (κ2) is 7.03. The molecule has 1 aliphatic carbocycles. The number of aryl methyl sites for hydroxylation is 1. The van der Waals surface area contributed by atoms with Gasteiger partial charge in [-0.3, -0.25) is 4.79 Å². The van der Waals surface area contributed by atoms with Gasteiger partial charge in [0, 0.05) is 13.0 Å². The Morgan fingerprint density at radius 3 is 2.81 bits per heavy atom. The van der Waals surface area contributed by atoms with Crippen LogP contribution in [0.4, 0.5) is 4.39 Å². The predicted molar refractivity (Wildman–Crippen MR) is 80.3 cm³/mol. The maximum atomic E-state index is 12.8. The summed E-state index contributed by atoms with van der Waals surface area (Å²) in [7, 11) is 0. The molecule has 4 heteroatoms. The molecule has 0 saturated heterocycles. The summed E-state index contributed by atoms with van der Waals surface area (Å²) in [5.74, 6) is 0.183. The van der Waals surface area contributed by atoms with Crippen molar-refractivity contribution in [3.63, 3.8) is 0 Å². The van der Waals surface area contributed by atoms with E-state index < -0.39 is 5.60 Å². The molecular formula is C17H24FNO2. The van der Waals surface area contributed by atoms with Crippen molar-refractivity contribution in [1.82, 2.24) is 5.32 Å². The first-order valence-electron chi connectivity index (χ1n) is 7.70. The fraction of sp³-hybridized carbons (Fsp3) is 0.588. The molecule has 2 N–H and O–H groups in total. The van der Waals surface area contributed by atoms with Gasteiger partial charge in [0.25, 0.3) is 0 Å². The van der Waals surface area contributed by atoms with Crippen molar-refractivity contribution < 1.29 is 14.3 Å². The zero-order valence-corrected chi connectivity index (χ0v) is 12.6. The van der Waals surface area contributed by atoms with Crippen LogP contribution in [0.5, 0.6) is 0 Å². The van der Waals surface area contributed by atoms with Crippen LogP contribution in [0.2, 0.25) is 0 Å². The maximum Gasteiger partial charge on any atom is 0.220 e. The van der Waals surface area contributed by atoms with E-state index in [9.17, 15) is 14.3 Å². The molecule has 1 aliphatic rings. The highest BCUT2D eigenvalue weighted by Gasteiger charge is 2.32. The standard InChI is InChI=1S/C17H24FNO2/c1-13-3-2-10-17(21,11-13)12-19-16(20)9-6-14-4-7-15(18)8-5-14/h4-5,7-8,13,21H,2-3,6,9-12H2,1H3,(H,19,20). The van der Waals surface area contributed by atoms with E-state index in [2.05, 4.69) is 12.2 Å². The second-order valence-corrected chi connectivity index (χ2v) is 6.33. The molecular weight excluding hydrogens is 269 g/mol. The second-order valence-electron chi connectivity index (χ2n) is 6.33. The lowest BCUT2D eigenvalue weighted by atomic mass is 9.79. The van der Waals surface area contributed by atoms with E-state index in [0.717, 1.165) is 31.2 Å². The summed E-state index contributed by atoms with van der Waals surface area (Å²) in [6, 6.07) is 6.19. The van der Waals surface area contributed by atoms with Crippen molar-refractivity contribution in [2.45, 2.75) is 51.0 Å². The van der Waals surface area contributed by atoms with Crippen LogP contribution in [0.15, 0.2) is 24.3 Å². The van der Waals surface area contributed by atoms with E-state index >= 15 is 0 Å². The van der Waals surface area contributed by atoms with Gasteiger partial charge in [-0.05, 0) is 42.9 Å². The summed E-state index contributed by atoms with van der Waals surface area (Å²) in [5, 5.41) is 13.3. The van der Waals surface area contributed by atoms with Crippen LogP contribution < -0.4 is 5.32 Å². The average Bonchev–Trinajstić information content (AvgIpc) is 2.44. The first-order chi connectivity index (χ1) is 9.97. The van der Waals surface area contributed by atoms with Crippen molar-refractivity contribution in [1.29, 1.82) is 0 Å². The summed E-state index contributed by atoms with van der Waals surface area (Å²) >= 11 is 0. The summed E-state index contributed by atoms with van der Waals surface area (Å²) < 4.78 is 12.8. The van der Waals surface area contributed by atoms with Gasteiger partial charge in [0.15, 0.2) is 0 Å². The molecule has 2 atom stereocenters. The Morgan fingerprint density at radius 2 is 2.14 bits per heavy atom. The van der Waals surface area contributed by atoms with E-state index in [1.165, 1.54) is 12.1 Å². The third-order valence-electron chi connectivity index (χ3n) is 4.24. The van der Waals surface area contributed by atoms with E-state index in [0.29, 0.717) is 25.3 Å². The normalized spacial score (nSPS) is 25.6. The van der Waals surface area contributed by atoms with Gasteiger partial charge in [-0.1, -0.05) is 31.9 Å². The van der Waals surface area contributed by atoms with Crippen LogP contribution in [-0.2, 0) is 11.2 Å². The van der Waals surface area contributed by atoms with Crippen LogP contribution in [0.3, 0.4) is 0 Å². The Labute approximate surface area is 125 Å². The molecule has 1 aromatic carbocycles. The van der Waals surface area contributed by atoms with Crippen LogP contribution in [-0.4, -0.2) is 23.2 Å². The smallest absolute Gasteiger partial charge is 0.220 e. The molecule has 116 valence electrons. The largest absolute Gasteiger partial charge is 0.388 e. The fourth-order valence-corrected chi connectivity index (χ4v) is 3.05. The number of amides is 1. The van der Waals surface area contributed by atoms with Gasteiger partial charge in [-0.2, -0.15) is 0 Å². The molecule has 0 heterocycles. The molecule has 21 heavy (non-hydrogen) atoms. The molecule has 0 aromatic heterocycles. The van der Waals surface area contributed by atoms with Gasteiger partial charge in [0.1, 0.15) is 5.82 Å². The topological polar surface area (TPSA) is 49.3 Å². The van der Waals surface area contributed by atoms with Crippen molar-refractivity contribution >= 4 is 5.91 Å². The Morgan fingerprint density at radius 1 is 1.43 bits per heavy atom. The Balaban J connectivity index is 1.73. The van der Waals surface area contributed by atoms with E-state index in [4.69, 9.17) is 0 Å². The number of rotatable bonds is 5. The SMILES string of the molecule is CC1CCCC(O)(CNC(=O)CCc2ccc(F)cc2)C1. The van der Waals surface area contributed by atoms with Crippen molar-refractivity contribution in [3.05, 3.63) is 35.6 Å². The van der Waals surface area contributed by atoms with Crippen LogP contribution >= 0.6 is 0 Å². The van der Waals surface area contributed by atoms with Crippen molar-refractivity contribution in [2.24, 2.45) is 5.92 Å². The minimum atomic E-state index is -0.747. The molecule has 3 nitrogen and oxygen atoms in total. The number of halogens is 1. The number of hydrogen-bond donors (Lipinski definition) is 2. The highest BCUT2D eigenvalue weighted by molar-refractivity contribution is 5.76. The molecule has 1 aromatic rings. The molecule has 1 fully saturated rings. The van der Waals surface area contributed by atoms with E-state index in [-0.39, 0.29) is 11.7 Å². The fourth-order valence-electron chi connectivity index (χ4n) is 3.05. The lowest BCUT2D eigenvalue weighted by molar-refractivity contribution is -0.122. The van der Waals surface area contributed by atoms with Gasteiger partial charge < -0.3 is 10.4 Å². The van der Waals surface area contributed by atoms with E-state index in [1.54, 1.807) is 12.1 Å². The third kappa shape index (κ3) is 5.12. The van der Waals surface area contributed by atoms with Crippen LogP contribution in [0.1, 0.15) is 44.6 Å². The predicted octanol–water partition coefficient (Wildman–Crippen LogP) is 2.82. The van der Waals surface area contributed by atoms with Gasteiger partial charge in [0.2, 0.25) is 5.91 Å². The number of hydrogen-bond acceptors (Lipinski definition) is 2. The zero-order valence-electron chi connectivity index (χ0n) is 12.6. The highest BCUT2D eigenvalue weighted by Crippen LogP contribution is 2.31. The molecule has 0 radical (unpaired) electrons. The summed E-state index contributed by atoms with van der Waals surface area (Å²) in [6.45, 7) is 2.47. The minimum absolute atomic E-state index is 0.0639. The molecule has 2 rings (SSSR count). The first kappa shape index (κ1) is 16.0.